The van der Waals surface area contributed by atoms with E-state index >= 15 is 0 Å². The van der Waals surface area contributed by atoms with E-state index in [1.807, 2.05) is 0 Å². The molecule has 21 heavy (non-hydrogen) atoms. The van der Waals surface area contributed by atoms with Gasteiger partial charge in [-0.3, -0.25) is 4.90 Å². The van der Waals surface area contributed by atoms with Gasteiger partial charge in [0.05, 0.1) is 4.88 Å². The zero-order chi connectivity index (χ0) is 15.2. The third-order valence-corrected chi connectivity index (χ3v) is 8.33. The van der Waals surface area contributed by atoms with Gasteiger partial charge in [0.15, 0.2) is 0 Å². The van der Waals surface area contributed by atoms with E-state index in [-0.39, 0.29) is 4.99 Å². The van der Waals surface area contributed by atoms with Crippen LogP contribution in [0.2, 0.25) is 0 Å². The van der Waals surface area contributed by atoms with Gasteiger partial charge in [0.25, 0.3) is 10.0 Å². The van der Waals surface area contributed by atoms with Gasteiger partial charge in [-0.1, -0.05) is 12.2 Å². The predicted molar refractivity (Wildman–Crippen MR) is 88.2 cm³/mol. The second-order valence-electron chi connectivity index (χ2n) is 5.69. The summed E-state index contributed by atoms with van der Waals surface area (Å²) in [5.74, 6) is 0. The van der Waals surface area contributed by atoms with E-state index < -0.39 is 10.0 Å². The number of thiocarbonyl (C=S) groups is 1. The molecule has 2 unspecified atom stereocenters. The Labute approximate surface area is 134 Å². The summed E-state index contributed by atoms with van der Waals surface area (Å²) < 4.78 is 27.6. The normalized spacial score (nSPS) is 27.7. The summed E-state index contributed by atoms with van der Waals surface area (Å²) in [6.07, 6.45) is 3.16. The van der Waals surface area contributed by atoms with Crippen LogP contribution in [0.25, 0.3) is 0 Å². The van der Waals surface area contributed by atoms with Crippen molar-refractivity contribution < 1.29 is 8.42 Å². The molecule has 0 spiro atoms. The Bertz CT molecular complexity index is 655. The van der Waals surface area contributed by atoms with Gasteiger partial charge in [-0.2, -0.15) is 4.31 Å². The summed E-state index contributed by atoms with van der Waals surface area (Å²) in [4.78, 5) is 3.23. The second kappa shape index (κ2) is 5.58. The molecule has 2 saturated heterocycles. The van der Waals surface area contributed by atoms with Crippen molar-refractivity contribution in [3.63, 3.8) is 0 Å². The van der Waals surface area contributed by atoms with E-state index in [0.717, 1.165) is 24.2 Å². The zero-order valence-electron chi connectivity index (χ0n) is 11.9. The molecule has 5 nitrogen and oxygen atoms in total. The average molecular weight is 346 g/mol. The van der Waals surface area contributed by atoms with E-state index in [2.05, 4.69) is 11.9 Å². The van der Waals surface area contributed by atoms with Crippen molar-refractivity contribution in [2.75, 3.05) is 20.1 Å². The van der Waals surface area contributed by atoms with Gasteiger partial charge in [0.2, 0.25) is 0 Å². The predicted octanol–water partition coefficient (Wildman–Crippen LogP) is 1.24. The summed E-state index contributed by atoms with van der Waals surface area (Å²) in [6.45, 7) is 1.17. The Morgan fingerprint density at radius 2 is 2.05 bits per heavy atom. The smallest absolute Gasteiger partial charge is 0.252 e. The van der Waals surface area contributed by atoms with Gasteiger partial charge in [-0.05, 0) is 38.4 Å². The van der Waals surface area contributed by atoms with Crippen LogP contribution in [0.15, 0.2) is 16.3 Å². The minimum Gasteiger partial charge on any atom is -0.389 e. The molecule has 0 amide bonds. The van der Waals surface area contributed by atoms with Crippen LogP contribution >= 0.6 is 23.6 Å². The first kappa shape index (κ1) is 15.4. The lowest BCUT2D eigenvalue weighted by Gasteiger charge is -2.24. The van der Waals surface area contributed by atoms with E-state index in [1.165, 1.54) is 6.42 Å². The maximum atomic E-state index is 12.8. The molecule has 3 heterocycles. The van der Waals surface area contributed by atoms with Gasteiger partial charge < -0.3 is 5.73 Å². The molecule has 3 rings (SSSR count). The zero-order valence-corrected chi connectivity index (χ0v) is 14.3. The van der Waals surface area contributed by atoms with Crippen molar-refractivity contribution in [3.05, 3.63) is 17.0 Å². The van der Waals surface area contributed by atoms with Crippen molar-refractivity contribution >= 4 is 38.6 Å². The molecule has 116 valence electrons. The highest BCUT2D eigenvalue weighted by molar-refractivity contribution is 7.91. The van der Waals surface area contributed by atoms with Crippen LogP contribution in [-0.2, 0) is 10.0 Å². The molecule has 2 N–H and O–H groups in total. The van der Waals surface area contributed by atoms with E-state index in [9.17, 15) is 8.42 Å². The monoisotopic (exact) mass is 345 g/mol. The van der Waals surface area contributed by atoms with Crippen LogP contribution in [0.3, 0.4) is 0 Å². The Balaban J connectivity index is 1.86. The van der Waals surface area contributed by atoms with Crippen LogP contribution < -0.4 is 5.73 Å². The summed E-state index contributed by atoms with van der Waals surface area (Å²) in [5.41, 5.74) is 5.57. The molecule has 0 aromatic carbocycles. The van der Waals surface area contributed by atoms with Gasteiger partial charge in [-0.25, -0.2) is 8.42 Å². The van der Waals surface area contributed by atoms with Gasteiger partial charge in [-0.15, -0.1) is 11.3 Å². The number of sulfonamides is 1. The summed E-state index contributed by atoms with van der Waals surface area (Å²) in [6, 6.07) is 4.16. The molecule has 0 saturated carbocycles. The minimum absolute atomic E-state index is 0.246. The van der Waals surface area contributed by atoms with Crippen molar-refractivity contribution in [1.29, 1.82) is 0 Å². The number of hydrogen-bond donors (Lipinski definition) is 1. The molecule has 2 aliphatic heterocycles. The highest BCUT2D eigenvalue weighted by Gasteiger charge is 2.39. The summed E-state index contributed by atoms with van der Waals surface area (Å²) in [5, 5.41) is 0. The molecule has 2 fully saturated rings. The number of hydrogen-bond acceptors (Lipinski definition) is 5. The first-order chi connectivity index (χ1) is 9.89. The molecule has 2 atom stereocenters. The van der Waals surface area contributed by atoms with Gasteiger partial charge in [0, 0.05) is 25.2 Å². The number of nitrogens with zero attached hydrogens (tertiary/aromatic N) is 2. The highest BCUT2D eigenvalue weighted by atomic mass is 32.2. The number of fused-ring (bicyclic) bond motifs is 2. The van der Waals surface area contributed by atoms with E-state index in [0.29, 0.717) is 34.3 Å². The fourth-order valence-electron chi connectivity index (χ4n) is 3.21. The molecular weight excluding hydrogens is 326 g/mol. The highest BCUT2D eigenvalue weighted by Crippen LogP contribution is 2.32. The molecule has 2 aliphatic rings. The Hall–Kier alpha value is -0.540. The SMILES string of the molecule is CN1C2CCC1CN(S(=O)(=O)c1ccc(C(N)=S)s1)CC2. The third-order valence-electron chi connectivity index (χ3n) is 4.53. The van der Waals surface area contributed by atoms with Crippen molar-refractivity contribution in [2.45, 2.75) is 35.6 Å². The lowest BCUT2D eigenvalue weighted by atomic mass is 10.1. The van der Waals surface area contributed by atoms with Crippen LogP contribution in [0, 0.1) is 0 Å². The number of thiophene rings is 1. The van der Waals surface area contributed by atoms with Crippen LogP contribution in [0.4, 0.5) is 0 Å². The maximum Gasteiger partial charge on any atom is 0.252 e. The summed E-state index contributed by atoms with van der Waals surface area (Å²) >= 11 is 6.07. The standard InChI is InChI=1S/C13H19N3O2S3/c1-15-9-2-3-10(15)8-16(7-6-9)21(17,18)12-5-4-11(20-12)13(14)19/h4-5,9-10H,2-3,6-8H2,1H3,(H2,14,19). The fraction of sp³-hybridized carbons (Fsp3) is 0.615. The Kier molecular flexibility index (Phi) is 4.08. The maximum absolute atomic E-state index is 12.8. The Morgan fingerprint density at radius 1 is 1.33 bits per heavy atom. The molecule has 2 bridgehead atoms. The van der Waals surface area contributed by atoms with Crippen molar-refractivity contribution in [1.82, 2.24) is 9.21 Å². The molecule has 1 aromatic heterocycles. The average Bonchev–Trinajstić information content (AvgIpc) is 2.96. The van der Waals surface area contributed by atoms with Crippen LogP contribution in [0.5, 0.6) is 0 Å². The van der Waals surface area contributed by atoms with Crippen LogP contribution in [-0.4, -0.2) is 54.8 Å². The minimum atomic E-state index is -3.43. The number of likely N-dealkylation sites (N-methyl/N-ethyl adjacent to an activating group) is 1. The molecule has 0 radical (unpaired) electrons. The largest absolute Gasteiger partial charge is 0.389 e. The molecule has 8 heteroatoms. The van der Waals surface area contributed by atoms with E-state index in [1.54, 1.807) is 16.4 Å². The molecule has 1 aromatic rings. The number of nitrogens with two attached hydrogens (primary N) is 1. The van der Waals surface area contributed by atoms with E-state index in [4.69, 9.17) is 18.0 Å². The lowest BCUT2D eigenvalue weighted by molar-refractivity contribution is 0.247. The first-order valence-electron chi connectivity index (χ1n) is 7.01. The number of rotatable bonds is 3. The topological polar surface area (TPSA) is 66.6 Å². The fourth-order valence-corrected chi connectivity index (χ4v) is 6.21. The van der Waals surface area contributed by atoms with Crippen molar-refractivity contribution in [2.24, 2.45) is 5.73 Å². The van der Waals surface area contributed by atoms with Crippen LogP contribution in [0.1, 0.15) is 24.1 Å². The molecular formula is C13H19N3O2S3. The van der Waals surface area contributed by atoms with Crippen molar-refractivity contribution in [3.8, 4) is 0 Å². The van der Waals surface area contributed by atoms with Gasteiger partial charge >= 0.3 is 0 Å². The second-order valence-corrected chi connectivity index (χ2v) is 9.37. The third kappa shape index (κ3) is 2.75. The first-order valence-corrected chi connectivity index (χ1v) is 9.68. The lowest BCUT2D eigenvalue weighted by Crippen LogP contribution is -2.39. The van der Waals surface area contributed by atoms with Gasteiger partial charge in [0.1, 0.15) is 9.20 Å². The Morgan fingerprint density at radius 3 is 2.71 bits per heavy atom. The summed E-state index contributed by atoms with van der Waals surface area (Å²) in [7, 11) is -1.33. The quantitative estimate of drug-likeness (QED) is 0.835. The molecule has 0 aliphatic carbocycles.